The van der Waals surface area contributed by atoms with Crippen LogP contribution in [-0.2, 0) is 29.3 Å². The van der Waals surface area contributed by atoms with Crippen molar-refractivity contribution < 1.29 is 42.6 Å². The van der Waals surface area contributed by atoms with E-state index < -0.39 is 35.5 Å². The van der Waals surface area contributed by atoms with E-state index in [-0.39, 0.29) is 30.3 Å². The summed E-state index contributed by atoms with van der Waals surface area (Å²) in [5.41, 5.74) is 0. The monoisotopic (exact) mass is 486 g/mol. The Kier molecular flexibility index (Phi) is 11.4. The molecule has 0 saturated carbocycles. The number of carbonyl (C=O) groups is 2. The Labute approximate surface area is 187 Å². The number of fused-ring (bicyclic) bond motifs is 1. The molecule has 0 amide bonds. The Balaban J connectivity index is 0.000000216. The van der Waals surface area contributed by atoms with Crippen LogP contribution in [-0.4, -0.2) is 83.0 Å². The summed E-state index contributed by atoms with van der Waals surface area (Å²) in [5.74, 6) is -0.117. The quantitative estimate of drug-likeness (QED) is 0.333. The lowest BCUT2D eigenvalue weighted by Gasteiger charge is -2.14. The van der Waals surface area contributed by atoms with Gasteiger partial charge in [-0.1, -0.05) is 12.8 Å². The number of carboxylic acid groups (broad SMARTS) is 2. The van der Waals surface area contributed by atoms with Crippen LogP contribution in [0, 0.1) is 0 Å². The zero-order valence-electron chi connectivity index (χ0n) is 16.6. The molecule has 3 aliphatic rings. The zero-order chi connectivity index (χ0) is 22.1. The van der Waals surface area contributed by atoms with Crippen LogP contribution in [0.4, 0.5) is 0 Å². The molecule has 0 spiro atoms. The number of unbranched alkanes of at least 4 members (excludes halogenated alkanes) is 2. The van der Waals surface area contributed by atoms with Gasteiger partial charge in [0, 0.05) is 34.8 Å². The predicted molar refractivity (Wildman–Crippen MR) is 115 cm³/mol. The van der Waals surface area contributed by atoms with Gasteiger partial charge in [-0.3, -0.25) is 18.0 Å². The third-order valence-corrected chi connectivity index (χ3v) is 8.83. The number of carboxylic acids is 2. The molecule has 0 bridgehead atoms. The number of hydrogen-bond acceptors (Lipinski definition) is 9. The first-order chi connectivity index (χ1) is 14.3. The van der Waals surface area contributed by atoms with Crippen molar-refractivity contribution >= 4 is 46.8 Å². The molecule has 9 nitrogen and oxygen atoms in total. The second kappa shape index (κ2) is 13.2. The first kappa shape index (κ1) is 25.9. The SMILES string of the molecule is O=C(O)CCCC[C@@H]1SCC2OS(=O)O[C@@H]21.O=C(O)CCCC[C@@H]1SC[C@H](O)[C@@H]1O. The van der Waals surface area contributed by atoms with Crippen LogP contribution in [0.15, 0.2) is 0 Å². The van der Waals surface area contributed by atoms with Crippen molar-refractivity contribution in [1.82, 2.24) is 0 Å². The van der Waals surface area contributed by atoms with Crippen molar-refractivity contribution in [3.05, 3.63) is 0 Å². The first-order valence-corrected chi connectivity index (χ1v) is 13.2. The van der Waals surface area contributed by atoms with E-state index in [1.165, 1.54) is 0 Å². The summed E-state index contributed by atoms with van der Waals surface area (Å²) < 4.78 is 21.3. The molecule has 3 heterocycles. The Hall–Kier alpha value is -0.370. The first-order valence-electron chi connectivity index (χ1n) is 10.1. The molecular weight excluding hydrogens is 456 g/mol. The summed E-state index contributed by atoms with van der Waals surface area (Å²) >= 11 is 1.76. The second-order valence-electron chi connectivity index (χ2n) is 7.48. The van der Waals surface area contributed by atoms with Crippen LogP contribution >= 0.6 is 23.5 Å². The lowest BCUT2D eigenvalue weighted by molar-refractivity contribution is -0.138. The highest BCUT2D eigenvalue weighted by atomic mass is 32.2. The summed E-state index contributed by atoms with van der Waals surface area (Å²) in [5, 5.41) is 36.0. The maximum atomic E-state index is 11.0. The number of thioether (sulfide) groups is 2. The second-order valence-corrected chi connectivity index (χ2v) is 10.8. The molecule has 174 valence electrons. The van der Waals surface area contributed by atoms with Crippen molar-refractivity contribution in [2.24, 2.45) is 0 Å². The van der Waals surface area contributed by atoms with Crippen LogP contribution in [0.1, 0.15) is 51.4 Å². The van der Waals surface area contributed by atoms with Gasteiger partial charge in [0.2, 0.25) is 0 Å². The predicted octanol–water partition coefficient (Wildman–Crippen LogP) is 1.58. The van der Waals surface area contributed by atoms with E-state index >= 15 is 0 Å². The van der Waals surface area contributed by atoms with Gasteiger partial charge < -0.3 is 20.4 Å². The summed E-state index contributed by atoms with van der Waals surface area (Å²) in [7, 11) is 0. The summed E-state index contributed by atoms with van der Waals surface area (Å²) in [6, 6.07) is 0. The van der Waals surface area contributed by atoms with E-state index in [0.29, 0.717) is 23.8 Å². The molecule has 0 aromatic carbocycles. The lowest BCUT2D eigenvalue weighted by atomic mass is 10.1. The number of aliphatic carboxylic acids is 2. The lowest BCUT2D eigenvalue weighted by Crippen LogP contribution is -2.28. The molecule has 3 fully saturated rings. The van der Waals surface area contributed by atoms with Crippen molar-refractivity contribution in [2.45, 2.75) is 86.3 Å². The van der Waals surface area contributed by atoms with Gasteiger partial charge >= 0.3 is 23.3 Å². The van der Waals surface area contributed by atoms with Gasteiger partial charge in [-0.25, -0.2) is 0 Å². The highest BCUT2D eigenvalue weighted by molar-refractivity contribution is 8.00. The topological polar surface area (TPSA) is 151 Å². The summed E-state index contributed by atoms with van der Waals surface area (Å²) in [4.78, 5) is 20.5. The molecule has 0 aromatic rings. The maximum absolute atomic E-state index is 11.0. The number of aliphatic hydroxyl groups is 2. The summed E-state index contributed by atoms with van der Waals surface area (Å²) in [6.07, 6.45) is 3.74. The van der Waals surface area contributed by atoms with Crippen LogP contribution in [0.25, 0.3) is 0 Å². The van der Waals surface area contributed by atoms with Gasteiger partial charge in [-0.05, 0) is 25.7 Å². The van der Waals surface area contributed by atoms with Gasteiger partial charge in [-0.2, -0.15) is 27.7 Å². The largest absolute Gasteiger partial charge is 0.481 e. The average Bonchev–Trinajstić information content (AvgIpc) is 3.32. The van der Waals surface area contributed by atoms with Gasteiger partial charge in [0.05, 0.1) is 12.2 Å². The standard InChI is InChI=1S/C9H14O5S2.C9H16O4S/c10-8(11)4-2-1-3-7-9-6(5-15-7)13-16(12)14-9;10-6-5-14-7(9(6)13)3-1-2-4-8(11)12/h6-7,9H,1-5H2,(H,10,11);6-7,9-10,13H,1-5H2,(H,11,12)/t6?,7-,9-,16?;6-,7-,9-/m00/s1. The fourth-order valence-corrected chi connectivity index (χ4v) is 7.30. The van der Waals surface area contributed by atoms with E-state index in [2.05, 4.69) is 0 Å². The minimum absolute atomic E-state index is 0.0460. The molecular formula is C18H30O9S3. The molecule has 4 N–H and O–H groups in total. The van der Waals surface area contributed by atoms with Crippen molar-refractivity contribution in [2.75, 3.05) is 11.5 Å². The third kappa shape index (κ3) is 8.64. The Morgan fingerprint density at radius 2 is 1.43 bits per heavy atom. The fourth-order valence-electron chi connectivity index (χ4n) is 3.48. The van der Waals surface area contributed by atoms with Crippen LogP contribution < -0.4 is 0 Å². The molecule has 0 aliphatic carbocycles. The molecule has 3 aliphatic heterocycles. The minimum atomic E-state index is -1.57. The average molecular weight is 487 g/mol. The normalized spacial score (nSPS) is 34.9. The van der Waals surface area contributed by atoms with Crippen molar-refractivity contribution in [3.63, 3.8) is 0 Å². The molecule has 0 radical (unpaired) electrons. The smallest absolute Gasteiger partial charge is 0.305 e. The van der Waals surface area contributed by atoms with E-state index in [1.807, 2.05) is 0 Å². The number of aliphatic hydroxyl groups excluding tert-OH is 2. The van der Waals surface area contributed by atoms with Crippen molar-refractivity contribution in [3.8, 4) is 0 Å². The maximum Gasteiger partial charge on any atom is 0.305 e. The van der Waals surface area contributed by atoms with Gasteiger partial charge in [0.15, 0.2) is 0 Å². The molecule has 7 atom stereocenters. The molecule has 0 aromatic heterocycles. The van der Waals surface area contributed by atoms with Crippen LogP contribution in [0.2, 0.25) is 0 Å². The molecule has 3 rings (SSSR count). The molecule has 3 saturated heterocycles. The number of hydrogen-bond donors (Lipinski definition) is 4. The van der Waals surface area contributed by atoms with E-state index in [0.717, 1.165) is 31.4 Å². The van der Waals surface area contributed by atoms with E-state index in [4.69, 9.17) is 18.6 Å². The molecule has 2 unspecified atom stereocenters. The van der Waals surface area contributed by atoms with E-state index in [9.17, 15) is 24.0 Å². The Bertz CT molecular complexity index is 591. The van der Waals surface area contributed by atoms with E-state index in [1.54, 1.807) is 23.5 Å². The highest BCUT2D eigenvalue weighted by Crippen LogP contribution is 2.39. The third-order valence-electron chi connectivity index (χ3n) is 5.11. The zero-order valence-corrected chi connectivity index (χ0v) is 19.0. The fraction of sp³-hybridized carbons (Fsp3) is 0.889. The van der Waals surface area contributed by atoms with Crippen LogP contribution in [0.3, 0.4) is 0 Å². The Morgan fingerprint density at radius 1 is 0.867 bits per heavy atom. The summed E-state index contributed by atoms with van der Waals surface area (Å²) in [6.45, 7) is 0. The molecule has 30 heavy (non-hydrogen) atoms. The van der Waals surface area contributed by atoms with Crippen molar-refractivity contribution in [1.29, 1.82) is 0 Å². The number of rotatable bonds is 10. The van der Waals surface area contributed by atoms with Gasteiger partial charge in [0.1, 0.15) is 12.2 Å². The van der Waals surface area contributed by atoms with Gasteiger partial charge in [0.25, 0.3) is 0 Å². The Morgan fingerprint density at radius 3 is 1.97 bits per heavy atom. The minimum Gasteiger partial charge on any atom is -0.481 e. The van der Waals surface area contributed by atoms with Gasteiger partial charge in [-0.15, -0.1) is 0 Å². The van der Waals surface area contributed by atoms with Crippen LogP contribution in [0.5, 0.6) is 0 Å². The molecule has 12 heteroatoms. The highest BCUT2D eigenvalue weighted by Gasteiger charge is 2.45.